The van der Waals surface area contributed by atoms with Crippen LogP contribution in [0.2, 0.25) is 0 Å². The molecule has 1 atom stereocenters. The summed E-state index contributed by atoms with van der Waals surface area (Å²) in [6.07, 6.45) is 0. The molecule has 2 N–H and O–H groups in total. The third-order valence-corrected chi connectivity index (χ3v) is 3.81. The van der Waals surface area contributed by atoms with Gasteiger partial charge >= 0.3 is 0 Å². The molecular weight excluding hydrogens is 296 g/mol. The summed E-state index contributed by atoms with van der Waals surface area (Å²) in [5, 5.41) is 7.06. The van der Waals surface area contributed by atoms with Crippen LogP contribution in [0.3, 0.4) is 0 Å². The second-order valence-electron chi connectivity index (χ2n) is 4.60. The van der Waals surface area contributed by atoms with Crippen molar-refractivity contribution in [2.24, 2.45) is 0 Å². The van der Waals surface area contributed by atoms with Crippen LogP contribution in [-0.4, -0.2) is 19.0 Å². The number of carbonyl (C=O) groups is 1. The molecule has 1 aliphatic heterocycles. The van der Waals surface area contributed by atoms with Crippen molar-refractivity contribution >= 4 is 32.8 Å². The predicted molar refractivity (Wildman–Crippen MR) is 72.3 cm³/mol. The molecule has 1 saturated heterocycles. The lowest BCUT2D eigenvalue weighted by Gasteiger charge is -2.31. The number of piperazine rings is 1. The predicted octanol–water partition coefficient (Wildman–Crippen LogP) is 2.13. The SMILES string of the molecule is CC1(c2cc3cc(Br)ccc3o2)NCCNC1=O. The third kappa shape index (κ3) is 1.74. The molecule has 1 aliphatic rings. The molecule has 1 unspecified atom stereocenters. The number of rotatable bonds is 1. The average molecular weight is 309 g/mol. The number of amides is 1. The molecule has 0 saturated carbocycles. The van der Waals surface area contributed by atoms with E-state index in [1.165, 1.54) is 0 Å². The minimum absolute atomic E-state index is 0.0492. The average Bonchev–Trinajstić information content (AvgIpc) is 2.76. The summed E-state index contributed by atoms with van der Waals surface area (Å²) in [6.45, 7) is 3.23. The number of hydrogen-bond acceptors (Lipinski definition) is 3. The van der Waals surface area contributed by atoms with Crippen LogP contribution < -0.4 is 10.6 Å². The van der Waals surface area contributed by atoms with Gasteiger partial charge in [-0.25, -0.2) is 0 Å². The molecule has 18 heavy (non-hydrogen) atoms. The number of hydrogen-bond donors (Lipinski definition) is 2. The van der Waals surface area contributed by atoms with Gasteiger partial charge in [-0.05, 0) is 31.2 Å². The lowest BCUT2D eigenvalue weighted by molar-refractivity contribution is -0.129. The summed E-state index contributed by atoms with van der Waals surface area (Å²) in [7, 11) is 0. The highest BCUT2D eigenvalue weighted by Crippen LogP contribution is 2.30. The maximum absolute atomic E-state index is 12.0. The van der Waals surface area contributed by atoms with E-state index >= 15 is 0 Å². The molecule has 1 fully saturated rings. The Bertz CT molecular complexity index is 622. The smallest absolute Gasteiger partial charge is 0.247 e. The molecule has 0 radical (unpaired) electrons. The molecule has 0 bridgehead atoms. The molecule has 4 nitrogen and oxygen atoms in total. The van der Waals surface area contributed by atoms with Crippen molar-refractivity contribution in [3.05, 3.63) is 34.5 Å². The zero-order chi connectivity index (χ0) is 12.8. The molecule has 1 amide bonds. The minimum Gasteiger partial charge on any atom is -0.459 e. The Labute approximate surface area is 113 Å². The lowest BCUT2D eigenvalue weighted by Crippen LogP contribution is -2.59. The Morgan fingerprint density at radius 1 is 1.33 bits per heavy atom. The van der Waals surface area contributed by atoms with Crippen LogP contribution in [0.1, 0.15) is 12.7 Å². The zero-order valence-corrected chi connectivity index (χ0v) is 11.5. The molecule has 0 aliphatic carbocycles. The summed E-state index contributed by atoms with van der Waals surface area (Å²) in [5.41, 5.74) is -0.00128. The molecule has 2 heterocycles. The van der Waals surface area contributed by atoms with Gasteiger partial charge in [0.25, 0.3) is 0 Å². The summed E-state index contributed by atoms with van der Waals surface area (Å²) in [6, 6.07) is 7.71. The largest absolute Gasteiger partial charge is 0.459 e. The van der Waals surface area contributed by atoms with Gasteiger partial charge in [-0.2, -0.15) is 0 Å². The van der Waals surface area contributed by atoms with Crippen molar-refractivity contribution in [3.8, 4) is 0 Å². The second kappa shape index (κ2) is 4.10. The van der Waals surface area contributed by atoms with Crippen LogP contribution in [0.15, 0.2) is 33.2 Å². The minimum atomic E-state index is -0.788. The molecule has 1 aromatic heterocycles. The Hall–Kier alpha value is -1.33. The van der Waals surface area contributed by atoms with E-state index in [1.807, 2.05) is 31.2 Å². The monoisotopic (exact) mass is 308 g/mol. The summed E-state index contributed by atoms with van der Waals surface area (Å²) >= 11 is 3.43. The Kier molecular flexibility index (Phi) is 2.68. The molecule has 2 aromatic rings. The Morgan fingerprint density at radius 3 is 2.94 bits per heavy atom. The van der Waals surface area contributed by atoms with Gasteiger partial charge in [0.15, 0.2) is 5.54 Å². The highest BCUT2D eigenvalue weighted by atomic mass is 79.9. The van der Waals surface area contributed by atoms with E-state index < -0.39 is 5.54 Å². The van der Waals surface area contributed by atoms with Crippen molar-refractivity contribution in [1.29, 1.82) is 0 Å². The Balaban J connectivity index is 2.10. The maximum atomic E-state index is 12.0. The number of halogens is 1. The van der Waals surface area contributed by atoms with Crippen molar-refractivity contribution < 1.29 is 9.21 Å². The molecule has 94 valence electrons. The van der Waals surface area contributed by atoms with Crippen LogP contribution in [0.25, 0.3) is 11.0 Å². The first kappa shape index (κ1) is 11.7. The highest BCUT2D eigenvalue weighted by Gasteiger charge is 2.40. The standard InChI is InChI=1S/C13H13BrN2O2/c1-13(12(17)15-4-5-16-13)11-7-8-6-9(14)2-3-10(8)18-11/h2-3,6-7,16H,4-5H2,1H3,(H,15,17). The number of carbonyl (C=O) groups excluding carboxylic acids is 1. The number of furan rings is 1. The van der Waals surface area contributed by atoms with Crippen molar-refractivity contribution in [2.75, 3.05) is 13.1 Å². The van der Waals surface area contributed by atoms with E-state index in [0.29, 0.717) is 12.3 Å². The van der Waals surface area contributed by atoms with E-state index in [2.05, 4.69) is 26.6 Å². The van der Waals surface area contributed by atoms with Gasteiger partial charge in [0.1, 0.15) is 11.3 Å². The Morgan fingerprint density at radius 2 is 2.17 bits per heavy atom. The van der Waals surface area contributed by atoms with Crippen LogP contribution >= 0.6 is 15.9 Å². The third-order valence-electron chi connectivity index (χ3n) is 3.31. The first-order valence-electron chi connectivity index (χ1n) is 5.82. The lowest BCUT2D eigenvalue weighted by atomic mass is 9.95. The molecule has 5 heteroatoms. The highest BCUT2D eigenvalue weighted by molar-refractivity contribution is 9.10. The van der Waals surface area contributed by atoms with Crippen LogP contribution in [0, 0.1) is 0 Å². The second-order valence-corrected chi connectivity index (χ2v) is 5.52. The molecule has 3 rings (SSSR count). The fourth-order valence-electron chi connectivity index (χ4n) is 2.21. The number of benzene rings is 1. The van der Waals surface area contributed by atoms with Gasteiger partial charge in [0.05, 0.1) is 0 Å². The van der Waals surface area contributed by atoms with E-state index in [0.717, 1.165) is 22.0 Å². The molecule has 0 spiro atoms. The van der Waals surface area contributed by atoms with E-state index in [-0.39, 0.29) is 5.91 Å². The summed E-state index contributed by atoms with van der Waals surface area (Å²) in [5.74, 6) is 0.597. The van der Waals surface area contributed by atoms with E-state index in [4.69, 9.17) is 4.42 Å². The first-order chi connectivity index (χ1) is 8.59. The van der Waals surface area contributed by atoms with Crippen LogP contribution in [0.4, 0.5) is 0 Å². The number of nitrogens with one attached hydrogen (secondary N) is 2. The van der Waals surface area contributed by atoms with Gasteiger partial charge in [0, 0.05) is 22.9 Å². The maximum Gasteiger partial charge on any atom is 0.247 e. The van der Waals surface area contributed by atoms with E-state index in [1.54, 1.807) is 0 Å². The molecule has 1 aromatic carbocycles. The van der Waals surface area contributed by atoms with Crippen molar-refractivity contribution in [3.63, 3.8) is 0 Å². The van der Waals surface area contributed by atoms with Gasteiger partial charge in [-0.3, -0.25) is 10.1 Å². The fourth-order valence-corrected chi connectivity index (χ4v) is 2.58. The van der Waals surface area contributed by atoms with Gasteiger partial charge in [-0.15, -0.1) is 0 Å². The van der Waals surface area contributed by atoms with Crippen molar-refractivity contribution in [2.45, 2.75) is 12.5 Å². The topological polar surface area (TPSA) is 54.3 Å². The fraction of sp³-hybridized carbons (Fsp3) is 0.308. The number of fused-ring (bicyclic) bond motifs is 1. The van der Waals surface area contributed by atoms with Gasteiger partial charge in [0.2, 0.25) is 5.91 Å². The van der Waals surface area contributed by atoms with Crippen LogP contribution in [0.5, 0.6) is 0 Å². The van der Waals surface area contributed by atoms with Gasteiger partial charge < -0.3 is 9.73 Å². The summed E-state index contributed by atoms with van der Waals surface area (Å²) < 4.78 is 6.79. The van der Waals surface area contributed by atoms with Gasteiger partial charge in [-0.1, -0.05) is 15.9 Å². The van der Waals surface area contributed by atoms with Crippen molar-refractivity contribution in [1.82, 2.24) is 10.6 Å². The normalized spacial score (nSPS) is 24.2. The quantitative estimate of drug-likeness (QED) is 0.848. The first-order valence-corrected chi connectivity index (χ1v) is 6.62. The summed E-state index contributed by atoms with van der Waals surface area (Å²) in [4.78, 5) is 12.0. The van der Waals surface area contributed by atoms with E-state index in [9.17, 15) is 4.79 Å². The zero-order valence-electron chi connectivity index (χ0n) is 9.92. The van der Waals surface area contributed by atoms with Crippen LogP contribution in [-0.2, 0) is 10.3 Å². The molecular formula is C13H13BrN2O2.